The van der Waals surface area contributed by atoms with Crippen LogP contribution in [0.3, 0.4) is 0 Å². The number of aliphatic carboxylic acids is 1. The zero-order chi connectivity index (χ0) is 13.7. The van der Waals surface area contributed by atoms with E-state index in [0.717, 1.165) is 6.42 Å². The van der Waals surface area contributed by atoms with E-state index in [1.54, 1.807) is 11.8 Å². The van der Waals surface area contributed by atoms with Gasteiger partial charge < -0.3 is 20.1 Å². The standard InChI is InChI=1S/C12H22N2O4/c1-4-9-7-18-8(3)6-14(9)12(17)13-10(5-2)11(15)16/h8-10H,4-7H2,1-3H3,(H,13,17)(H,15,16). The summed E-state index contributed by atoms with van der Waals surface area (Å²) >= 11 is 0. The van der Waals surface area contributed by atoms with Crippen molar-refractivity contribution in [2.24, 2.45) is 0 Å². The van der Waals surface area contributed by atoms with Crippen LogP contribution in [-0.2, 0) is 9.53 Å². The number of hydrogen-bond donors (Lipinski definition) is 2. The van der Waals surface area contributed by atoms with Crippen molar-refractivity contribution in [3.8, 4) is 0 Å². The lowest BCUT2D eigenvalue weighted by molar-refractivity contribution is -0.139. The smallest absolute Gasteiger partial charge is 0.326 e. The second-order valence-electron chi connectivity index (χ2n) is 4.61. The van der Waals surface area contributed by atoms with E-state index in [0.29, 0.717) is 19.6 Å². The van der Waals surface area contributed by atoms with Gasteiger partial charge in [0, 0.05) is 6.54 Å². The number of amides is 2. The molecule has 1 saturated heterocycles. The molecule has 1 fully saturated rings. The number of carboxylic acid groups (broad SMARTS) is 1. The van der Waals surface area contributed by atoms with Crippen LogP contribution >= 0.6 is 0 Å². The van der Waals surface area contributed by atoms with E-state index in [4.69, 9.17) is 9.84 Å². The highest BCUT2D eigenvalue weighted by Crippen LogP contribution is 2.14. The molecule has 2 N–H and O–H groups in total. The number of morpholine rings is 1. The van der Waals surface area contributed by atoms with Gasteiger partial charge in [-0.3, -0.25) is 0 Å². The van der Waals surface area contributed by atoms with Crippen molar-refractivity contribution in [2.75, 3.05) is 13.2 Å². The molecular weight excluding hydrogens is 236 g/mol. The maximum Gasteiger partial charge on any atom is 0.326 e. The monoisotopic (exact) mass is 258 g/mol. The summed E-state index contributed by atoms with van der Waals surface area (Å²) in [6, 6.07) is -1.12. The van der Waals surface area contributed by atoms with Crippen LogP contribution in [0.15, 0.2) is 0 Å². The molecule has 0 saturated carbocycles. The van der Waals surface area contributed by atoms with Gasteiger partial charge in [0.1, 0.15) is 6.04 Å². The molecule has 3 atom stereocenters. The SMILES string of the molecule is CCC(NC(=O)N1CC(C)OCC1CC)C(=O)O. The fourth-order valence-electron chi connectivity index (χ4n) is 2.00. The van der Waals surface area contributed by atoms with E-state index in [-0.39, 0.29) is 18.2 Å². The summed E-state index contributed by atoms with van der Waals surface area (Å²) in [7, 11) is 0. The Hall–Kier alpha value is -1.30. The molecule has 2 amide bonds. The van der Waals surface area contributed by atoms with E-state index in [1.165, 1.54) is 0 Å². The number of urea groups is 1. The molecule has 1 aliphatic rings. The Morgan fingerprint density at radius 1 is 1.50 bits per heavy atom. The lowest BCUT2D eigenvalue weighted by Crippen LogP contribution is -2.57. The second kappa shape index (κ2) is 6.58. The first-order valence-electron chi connectivity index (χ1n) is 6.41. The molecular formula is C12H22N2O4. The van der Waals surface area contributed by atoms with Crippen molar-refractivity contribution in [3.63, 3.8) is 0 Å². The van der Waals surface area contributed by atoms with Crippen LogP contribution in [0, 0.1) is 0 Å². The van der Waals surface area contributed by atoms with Gasteiger partial charge in [-0.25, -0.2) is 9.59 Å². The Kier molecular flexibility index (Phi) is 5.40. The van der Waals surface area contributed by atoms with E-state index < -0.39 is 12.0 Å². The average molecular weight is 258 g/mol. The van der Waals surface area contributed by atoms with E-state index in [2.05, 4.69) is 5.32 Å². The highest BCUT2D eigenvalue weighted by atomic mass is 16.5. The van der Waals surface area contributed by atoms with E-state index in [1.807, 2.05) is 13.8 Å². The third kappa shape index (κ3) is 3.60. The average Bonchev–Trinajstić information content (AvgIpc) is 2.35. The predicted molar refractivity (Wildman–Crippen MR) is 66.4 cm³/mol. The molecule has 0 aromatic heterocycles. The third-order valence-electron chi connectivity index (χ3n) is 3.20. The van der Waals surface area contributed by atoms with Gasteiger partial charge in [-0.05, 0) is 19.8 Å². The second-order valence-corrected chi connectivity index (χ2v) is 4.61. The van der Waals surface area contributed by atoms with Crippen molar-refractivity contribution in [2.45, 2.75) is 51.8 Å². The van der Waals surface area contributed by atoms with Crippen LogP contribution in [0.4, 0.5) is 4.79 Å². The number of rotatable bonds is 4. The summed E-state index contributed by atoms with van der Waals surface area (Å²) < 4.78 is 5.50. The number of nitrogens with one attached hydrogen (secondary N) is 1. The first-order valence-corrected chi connectivity index (χ1v) is 6.41. The Bertz CT molecular complexity index is 308. The molecule has 3 unspecified atom stereocenters. The lowest BCUT2D eigenvalue weighted by Gasteiger charge is -2.38. The summed E-state index contributed by atoms with van der Waals surface area (Å²) in [6.45, 7) is 6.63. The molecule has 104 valence electrons. The summed E-state index contributed by atoms with van der Waals surface area (Å²) in [5, 5.41) is 11.5. The van der Waals surface area contributed by atoms with Crippen LogP contribution in [0.2, 0.25) is 0 Å². The van der Waals surface area contributed by atoms with Crippen LogP contribution in [0.25, 0.3) is 0 Å². The summed E-state index contributed by atoms with van der Waals surface area (Å²) in [4.78, 5) is 24.7. The van der Waals surface area contributed by atoms with E-state index >= 15 is 0 Å². The van der Waals surface area contributed by atoms with Crippen LogP contribution in [-0.4, -0.2) is 53.3 Å². The third-order valence-corrected chi connectivity index (χ3v) is 3.20. The maximum absolute atomic E-state index is 12.1. The number of nitrogens with zero attached hydrogens (tertiary/aromatic N) is 1. The van der Waals surface area contributed by atoms with Crippen molar-refractivity contribution >= 4 is 12.0 Å². The molecule has 0 aromatic rings. The molecule has 0 radical (unpaired) electrons. The largest absolute Gasteiger partial charge is 0.480 e. The van der Waals surface area contributed by atoms with Gasteiger partial charge in [0.05, 0.1) is 18.8 Å². The minimum Gasteiger partial charge on any atom is -0.480 e. The first kappa shape index (κ1) is 14.8. The summed E-state index contributed by atoms with van der Waals surface area (Å²) in [6.07, 6.45) is 1.16. The Labute approximate surface area is 107 Å². The normalized spacial score (nSPS) is 25.6. The molecule has 6 heteroatoms. The topological polar surface area (TPSA) is 78.9 Å². The minimum atomic E-state index is -1.000. The van der Waals surface area contributed by atoms with Crippen LogP contribution in [0.1, 0.15) is 33.6 Å². The molecule has 1 heterocycles. The Morgan fingerprint density at radius 3 is 2.67 bits per heavy atom. The Balaban J connectivity index is 2.65. The molecule has 0 aromatic carbocycles. The number of carbonyl (C=O) groups excluding carboxylic acids is 1. The van der Waals surface area contributed by atoms with Crippen molar-refractivity contribution in [1.82, 2.24) is 10.2 Å². The number of hydrogen-bond acceptors (Lipinski definition) is 3. The van der Waals surface area contributed by atoms with Crippen molar-refractivity contribution in [1.29, 1.82) is 0 Å². The van der Waals surface area contributed by atoms with Crippen LogP contribution in [0.5, 0.6) is 0 Å². The lowest BCUT2D eigenvalue weighted by atomic mass is 10.1. The summed E-state index contributed by atoms with van der Waals surface area (Å²) in [5.41, 5.74) is 0. The molecule has 1 aliphatic heterocycles. The fraction of sp³-hybridized carbons (Fsp3) is 0.833. The first-order chi connectivity index (χ1) is 8.49. The van der Waals surface area contributed by atoms with Gasteiger partial charge in [0.2, 0.25) is 0 Å². The quantitative estimate of drug-likeness (QED) is 0.790. The van der Waals surface area contributed by atoms with Gasteiger partial charge in [-0.2, -0.15) is 0 Å². The number of carbonyl (C=O) groups is 2. The van der Waals surface area contributed by atoms with Gasteiger partial charge in [-0.15, -0.1) is 0 Å². The molecule has 6 nitrogen and oxygen atoms in total. The molecule has 18 heavy (non-hydrogen) atoms. The molecule has 0 spiro atoms. The van der Waals surface area contributed by atoms with Gasteiger partial charge in [-0.1, -0.05) is 13.8 Å². The van der Waals surface area contributed by atoms with Gasteiger partial charge >= 0.3 is 12.0 Å². The highest BCUT2D eigenvalue weighted by Gasteiger charge is 2.31. The minimum absolute atomic E-state index is 0.0107. The van der Waals surface area contributed by atoms with E-state index in [9.17, 15) is 9.59 Å². The zero-order valence-corrected chi connectivity index (χ0v) is 11.2. The molecule has 1 rings (SSSR count). The van der Waals surface area contributed by atoms with Crippen LogP contribution < -0.4 is 5.32 Å². The Morgan fingerprint density at radius 2 is 2.17 bits per heavy atom. The van der Waals surface area contributed by atoms with Gasteiger partial charge in [0.25, 0.3) is 0 Å². The number of ether oxygens (including phenoxy) is 1. The number of carboxylic acids is 1. The molecule has 0 aliphatic carbocycles. The predicted octanol–water partition coefficient (Wildman–Crippen LogP) is 1.06. The van der Waals surface area contributed by atoms with Gasteiger partial charge in [0.15, 0.2) is 0 Å². The van der Waals surface area contributed by atoms with Crippen molar-refractivity contribution < 1.29 is 19.4 Å². The summed E-state index contributed by atoms with van der Waals surface area (Å²) in [5.74, 6) is -1.000. The highest BCUT2D eigenvalue weighted by molar-refractivity contribution is 5.82. The van der Waals surface area contributed by atoms with Crippen molar-refractivity contribution in [3.05, 3.63) is 0 Å². The molecule has 0 bridgehead atoms. The maximum atomic E-state index is 12.1. The zero-order valence-electron chi connectivity index (χ0n) is 11.2. The fourth-order valence-corrected chi connectivity index (χ4v) is 2.00.